The number of thiazole rings is 1. The van der Waals surface area contributed by atoms with E-state index < -0.39 is 0 Å². The van der Waals surface area contributed by atoms with Crippen molar-refractivity contribution < 1.29 is 14.3 Å². The molecule has 0 bridgehead atoms. The Balaban J connectivity index is 1.66. The van der Waals surface area contributed by atoms with Gasteiger partial charge in [-0.1, -0.05) is 41.7 Å². The SMILES string of the molecule is COc1cc(OC)c2nc(NC(=O)c3ccc4ccccc4c3)sc2c1. The summed E-state index contributed by atoms with van der Waals surface area (Å²) in [5.74, 6) is 1.10. The molecule has 1 N–H and O–H groups in total. The zero-order chi connectivity index (χ0) is 18.1. The summed E-state index contributed by atoms with van der Waals surface area (Å²) in [5.41, 5.74) is 1.29. The highest BCUT2D eigenvalue weighted by Gasteiger charge is 2.14. The summed E-state index contributed by atoms with van der Waals surface area (Å²) < 4.78 is 11.5. The van der Waals surface area contributed by atoms with E-state index in [1.165, 1.54) is 11.3 Å². The van der Waals surface area contributed by atoms with Gasteiger partial charge in [0.15, 0.2) is 5.13 Å². The molecule has 4 aromatic rings. The van der Waals surface area contributed by atoms with Gasteiger partial charge in [0.05, 0.1) is 18.9 Å². The van der Waals surface area contributed by atoms with Gasteiger partial charge in [-0.05, 0) is 29.0 Å². The van der Waals surface area contributed by atoms with Crippen LogP contribution in [-0.2, 0) is 0 Å². The zero-order valence-corrected chi connectivity index (χ0v) is 15.1. The Labute approximate surface area is 154 Å². The molecule has 3 aromatic carbocycles. The number of amides is 1. The molecular weight excluding hydrogens is 348 g/mol. The number of ether oxygens (including phenoxy) is 2. The summed E-state index contributed by atoms with van der Waals surface area (Å²) in [4.78, 5) is 17.1. The van der Waals surface area contributed by atoms with Crippen molar-refractivity contribution in [2.24, 2.45) is 0 Å². The lowest BCUT2D eigenvalue weighted by atomic mass is 10.1. The van der Waals surface area contributed by atoms with E-state index in [1.807, 2.05) is 48.5 Å². The van der Waals surface area contributed by atoms with Gasteiger partial charge in [0.1, 0.15) is 17.0 Å². The third-order valence-corrected chi connectivity index (χ3v) is 5.04. The van der Waals surface area contributed by atoms with E-state index >= 15 is 0 Å². The number of carbonyl (C=O) groups excluding carboxylic acids is 1. The molecule has 0 aliphatic rings. The number of hydrogen-bond donors (Lipinski definition) is 1. The third kappa shape index (κ3) is 2.95. The molecule has 0 unspecified atom stereocenters. The molecule has 0 atom stereocenters. The molecule has 1 aromatic heterocycles. The Morgan fingerprint density at radius 1 is 1.00 bits per heavy atom. The van der Waals surface area contributed by atoms with E-state index in [0.29, 0.717) is 27.7 Å². The molecule has 1 heterocycles. The maximum Gasteiger partial charge on any atom is 0.257 e. The zero-order valence-electron chi connectivity index (χ0n) is 14.3. The average Bonchev–Trinajstić information content (AvgIpc) is 3.08. The van der Waals surface area contributed by atoms with Gasteiger partial charge >= 0.3 is 0 Å². The molecule has 0 spiro atoms. The fourth-order valence-electron chi connectivity index (χ4n) is 2.80. The summed E-state index contributed by atoms with van der Waals surface area (Å²) in [5, 5.41) is 5.51. The lowest BCUT2D eigenvalue weighted by Gasteiger charge is -2.04. The van der Waals surface area contributed by atoms with E-state index in [4.69, 9.17) is 9.47 Å². The molecular formula is C20H16N2O3S. The highest BCUT2D eigenvalue weighted by atomic mass is 32.1. The van der Waals surface area contributed by atoms with Crippen LogP contribution in [-0.4, -0.2) is 25.1 Å². The van der Waals surface area contributed by atoms with Crippen molar-refractivity contribution in [3.05, 3.63) is 60.2 Å². The average molecular weight is 364 g/mol. The quantitative estimate of drug-likeness (QED) is 0.569. The molecule has 6 heteroatoms. The fourth-order valence-corrected chi connectivity index (χ4v) is 3.71. The monoisotopic (exact) mass is 364 g/mol. The van der Waals surface area contributed by atoms with E-state index in [9.17, 15) is 4.79 Å². The number of nitrogens with one attached hydrogen (secondary N) is 1. The number of nitrogens with zero attached hydrogens (tertiary/aromatic N) is 1. The van der Waals surface area contributed by atoms with Crippen molar-refractivity contribution >= 4 is 43.4 Å². The smallest absolute Gasteiger partial charge is 0.257 e. The number of carbonyl (C=O) groups is 1. The van der Waals surface area contributed by atoms with Crippen molar-refractivity contribution in [3.63, 3.8) is 0 Å². The van der Waals surface area contributed by atoms with Gasteiger partial charge in [-0.3, -0.25) is 10.1 Å². The molecule has 0 aliphatic carbocycles. The Morgan fingerprint density at radius 2 is 1.81 bits per heavy atom. The van der Waals surface area contributed by atoms with E-state index in [-0.39, 0.29) is 5.91 Å². The van der Waals surface area contributed by atoms with Crippen molar-refractivity contribution in [2.45, 2.75) is 0 Å². The van der Waals surface area contributed by atoms with Crippen LogP contribution >= 0.6 is 11.3 Å². The van der Waals surface area contributed by atoms with Gasteiger partial charge in [-0.15, -0.1) is 0 Å². The summed E-state index contributed by atoms with van der Waals surface area (Å²) >= 11 is 1.38. The van der Waals surface area contributed by atoms with Crippen LogP contribution in [0.25, 0.3) is 21.0 Å². The largest absolute Gasteiger partial charge is 0.497 e. The first-order chi connectivity index (χ1) is 12.7. The fraction of sp³-hybridized carbons (Fsp3) is 0.100. The minimum Gasteiger partial charge on any atom is -0.497 e. The number of fused-ring (bicyclic) bond motifs is 2. The minimum absolute atomic E-state index is 0.194. The Hall–Kier alpha value is -3.12. The van der Waals surface area contributed by atoms with Gasteiger partial charge in [0.2, 0.25) is 0 Å². The number of benzene rings is 3. The highest BCUT2D eigenvalue weighted by molar-refractivity contribution is 7.22. The second kappa shape index (κ2) is 6.65. The van der Waals surface area contributed by atoms with Gasteiger partial charge in [0, 0.05) is 11.6 Å². The normalized spacial score (nSPS) is 10.8. The Kier molecular flexibility index (Phi) is 4.18. The topological polar surface area (TPSA) is 60.5 Å². The molecule has 0 saturated heterocycles. The first kappa shape index (κ1) is 16.4. The molecule has 5 nitrogen and oxygen atoms in total. The predicted molar refractivity (Wildman–Crippen MR) is 105 cm³/mol. The van der Waals surface area contributed by atoms with Crippen LogP contribution in [0, 0.1) is 0 Å². The van der Waals surface area contributed by atoms with Gasteiger partial charge in [-0.25, -0.2) is 4.98 Å². The van der Waals surface area contributed by atoms with Crippen LogP contribution in [0.3, 0.4) is 0 Å². The van der Waals surface area contributed by atoms with Crippen LogP contribution in [0.4, 0.5) is 5.13 Å². The van der Waals surface area contributed by atoms with Gasteiger partial charge in [0.25, 0.3) is 5.91 Å². The number of hydrogen-bond acceptors (Lipinski definition) is 5. The van der Waals surface area contributed by atoms with Crippen LogP contribution < -0.4 is 14.8 Å². The molecule has 0 saturated carbocycles. The van der Waals surface area contributed by atoms with Crippen LogP contribution in [0.15, 0.2) is 54.6 Å². The molecule has 26 heavy (non-hydrogen) atoms. The summed E-state index contributed by atoms with van der Waals surface area (Å²) in [6.07, 6.45) is 0. The van der Waals surface area contributed by atoms with E-state index in [1.54, 1.807) is 20.3 Å². The van der Waals surface area contributed by atoms with Gasteiger partial charge < -0.3 is 9.47 Å². The Bertz CT molecular complexity index is 1120. The lowest BCUT2D eigenvalue weighted by Crippen LogP contribution is -2.11. The molecule has 0 fully saturated rings. The third-order valence-electron chi connectivity index (χ3n) is 4.12. The van der Waals surface area contributed by atoms with Crippen LogP contribution in [0.2, 0.25) is 0 Å². The second-order valence-electron chi connectivity index (χ2n) is 5.71. The summed E-state index contributed by atoms with van der Waals surface area (Å²) in [7, 11) is 3.19. The van der Waals surface area contributed by atoms with Crippen molar-refractivity contribution in [1.29, 1.82) is 0 Å². The number of aromatic nitrogens is 1. The standard InChI is InChI=1S/C20H16N2O3S/c1-24-15-10-16(25-2)18-17(11-15)26-20(21-18)22-19(23)14-8-7-12-5-3-4-6-13(12)9-14/h3-11H,1-2H3,(H,21,22,23). The molecule has 4 rings (SSSR count). The van der Waals surface area contributed by atoms with Crippen molar-refractivity contribution in [3.8, 4) is 11.5 Å². The van der Waals surface area contributed by atoms with Crippen molar-refractivity contribution in [2.75, 3.05) is 19.5 Å². The summed E-state index contributed by atoms with van der Waals surface area (Å²) in [6, 6.07) is 17.2. The van der Waals surface area contributed by atoms with Gasteiger partial charge in [-0.2, -0.15) is 0 Å². The number of rotatable bonds is 4. The first-order valence-corrected chi connectivity index (χ1v) is 8.82. The van der Waals surface area contributed by atoms with Crippen molar-refractivity contribution in [1.82, 2.24) is 4.98 Å². The highest BCUT2D eigenvalue weighted by Crippen LogP contribution is 2.36. The second-order valence-corrected chi connectivity index (χ2v) is 6.74. The molecule has 1 amide bonds. The maximum absolute atomic E-state index is 12.6. The van der Waals surface area contributed by atoms with Crippen LogP contribution in [0.5, 0.6) is 11.5 Å². The lowest BCUT2D eigenvalue weighted by molar-refractivity contribution is 0.102. The van der Waals surface area contributed by atoms with E-state index in [0.717, 1.165) is 15.5 Å². The number of anilines is 1. The maximum atomic E-state index is 12.6. The Morgan fingerprint density at radius 3 is 2.58 bits per heavy atom. The molecule has 0 radical (unpaired) electrons. The predicted octanol–water partition coefficient (Wildman–Crippen LogP) is 4.72. The van der Waals surface area contributed by atoms with Crippen LogP contribution in [0.1, 0.15) is 10.4 Å². The number of methoxy groups -OCH3 is 2. The van der Waals surface area contributed by atoms with E-state index in [2.05, 4.69) is 10.3 Å². The molecule has 130 valence electrons. The summed E-state index contributed by atoms with van der Waals surface area (Å²) in [6.45, 7) is 0. The molecule has 0 aliphatic heterocycles. The minimum atomic E-state index is -0.194. The first-order valence-electron chi connectivity index (χ1n) is 8.00.